The van der Waals surface area contributed by atoms with E-state index >= 15 is 0 Å². The Kier molecular flexibility index (Phi) is 13.9. The van der Waals surface area contributed by atoms with Crippen LogP contribution in [-0.2, 0) is 4.79 Å². The Balaban J connectivity index is 0. The Hall–Kier alpha value is -0.570. The zero-order chi connectivity index (χ0) is 13.0. The molecule has 1 unspecified atom stereocenters. The standard InChI is InChI=1S/C9H18N2O.2C2H6/c1-3-10-9-5-4-6-11(7-9)8(2)12;2*1-2/h9-10H,3-7H2,1-2H3;2*1-2H3. The number of carbonyl (C=O) groups is 1. The molecule has 0 spiro atoms. The van der Waals surface area contributed by atoms with Crippen molar-refractivity contribution in [1.29, 1.82) is 0 Å². The van der Waals surface area contributed by atoms with Gasteiger partial charge in [0.1, 0.15) is 0 Å². The monoisotopic (exact) mass is 230 g/mol. The number of hydrogen-bond donors (Lipinski definition) is 1. The lowest BCUT2D eigenvalue weighted by molar-refractivity contribution is -0.130. The second-order valence-electron chi connectivity index (χ2n) is 3.36. The lowest BCUT2D eigenvalue weighted by Gasteiger charge is -2.32. The van der Waals surface area contributed by atoms with Crippen LogP contribution in [0.4, 0.5) is 0 Å². The molecule has 1 aliphatic rings. The van der Waals surface area contributed by atoms with Gasteiger partial charge in [0.25, 0.3) is 0 Å². The van der Waals surface area contributed by atoms with Crippen molar-refractivity contribution in [2.75, 3.05) is 19.6 Å². The number of carbonyl (C=O) groups excluding carboxylic acids is 1. The van der Waals surface area contributed by atoms with Gasteiger partial charge in [-0.3, -0.25) is 4.79 Å². The summed E-state index contributed by atoms with van der Waals surface area (Å²) in [6.45, 7) is 14.6. The third kappa shape index (κ3) is 7.69. The van der Waals surface area contributed by atoms with Gasteiger partial charge in [-0.15, -0.1) is 0 Å². The minimum absolute atomic E-state index is 0.206. The molecule has 3 heteroatoms. The molecule has 1 rings (SSSR count). The summed E-state index contributed by atoms with van der Waals surface area (Å²) in [4.78, 5) is 13.0. The molecule has 0 aromatic carbocycles. The second kappa shape index (κ2) is 12.5. The van der Waals surface area contributed by atoms with E-state index in [0.29, 0.717) is 6.04 Å². The number of hydrogen-bond acceptors (Lipinski definition) is 2. The van der Waals surface area contributed by atoms with Crippen LogP contribution in [0.1, 0.15) is 54.4 Å². The molecule has 0 saturated carbocycles. The first-order valence-electron chi connectivity index (χ1n) is 6.73. The summed E-state index contributed by atoms with van der Waals surface area (Å²) in [7, 11) is 0. The molecule has 1 heterocycles. The maximum absolute atomic E-state index is 11.0. The van der Waals surface area contributed by atoms with Crippen molar-refractivity contribution in [3.05, 3.63) is 0 Å². The van der Waals surface area contributed by atoms with Gasteiger partial charge >= 0.3 is 0 Å². The first kappa shape index (κ1) is 17.8. The Bertz CT molecular complexity index is 158. The van der Waals surface area contributed by atoms with Crippen molar-refractivity contribution in [1.82, 2.24) is 10.2 Å². The maximum Gasteiger partial charge on any atom is 0.219 e. The summed E-state index contributed by atoms with van der Waals surface area (Å²) in [5.41, 5.74) is 0. The molecule has 16 heavy (non-hydrogen) atoms. The van der Waals surface area contributed by atoms with Crippen molar-refractivity contribution < 1.29 is 4.79 Å². The summed E-state index contributed by atoms with van der Waals surface area (Å²) < 4.78 is 0. The molecule has 0 aromatic rings. The Labute approximate surface area is 102 Å². The van der Waals surface area contributed by atoms with Crippen LogP contribution in [0.5, 0.6) is 0 Å². The Morgan fingerprint density at radius 3 is 2.31 bits per heavy atom. The third-order valence-electron chi connectivity index (χ3n) is 2.36. The van der Waals surface area contributed by atoms with Gasteiger partial charge < -0.3 is 10.2 Å². The largest absolute Gasteiger partial charge is 0.341 e. The van der Waals surface area contributed by atoms with E-state index in [1.54, 1.807) is 6.92 Å². The molecule has 1 N–H and O–H groups in total. The molecule has 0 bridgehead atoms. The van der Waals surface area contributed by atoms with E-state index in [1.165, 1.54) is 6.42 Å². The van der Waals surface area contributed by atoms with Gasteiger partial charge in [-0.2, -0.15) is 0 Å². The number of likely N-dealkylation sites (N-methyl/N-ethyl adjacent to an activating group) is 1. The third-order valence-corrected chi connectivity index (χ3v) is 2.36. The van der Waals surface area contributed by atoms with Crippen molar-refractivity contribution in [3.63, 3.8) is 0 Å². The highest BCUT2D eigenvalue weighted by Crippen LogP contribution is 2.09. The van der Waals surface area contributed by atoms with Crippen LogP contribution in [0.15, 0.2) is 0 Å². The van der Waals surface area contributed by atoms with Gasteiger partial charge in [0, 0.05) is 26.1 Å². The van der Waals surface area contributed by atoms with Gasteiger partial charge in [0.15, 0.2) is 0 Å². The number of nitrogens with zero attached hydrogens (tertiary/aromatic N) is 1. The smallest absolute Gasteiger partial charge is 0.219 e. The highest BCUT2D eigenvalue weighted by molar-refractivity contribution is 5.73. The van der Waals surface area contributed by atoms with E-state index < -0.39 is 0 Å². The van der Waals surface area contributed by atoms with Crippen LogP contribution >= 0.6 is 0 Å². The van der Waals surface area contributed by atoms with E-state index in [2.05, 4.69) is 12.2 Å². The van der Waals surface area contributed by atoms with E-state index in [9.17, 15) is 4.79 Å². The van der Waals surface area contributed by atoms with E-state index in [0.717, 1.165) is 26.1 Å². The number of rotatable bonds is 2. The minimum atomic E-state index is 0.206. The molecular formula is C13H30N2O. The van der Waals surface area contributed by atoms with Crippen LogP contribution in [0.3, 0.4) is 0 Å². The molecule has 1 fully saturated rings. The fourth-order valence-corrected chi connectivity index (χ4v) is 1.72. The van der Waals surface area contributed by atoms with Crippen LogP contribution < -0.4 is 5.32 Å². The van der Waals surface area contributed by atoms with Crippen LogP contribution in [-0.4, -0.2) is 36.5 Å². The summed E-state index contributed by atoms with van der Waals surface area (Å²) >= 11 is 0. The zero-order valence-electron chi connectivity index (χ0n) is 12.0. The Morgan fingerprint density at radius 2 is 1.88 bits per heavy atom. The van der Waals surface area contributed by atoms with Gasteiger partial charge in [0.2, 0.25) is 5.91 Å². The summed E-state index contributed by atoms with van der Waals surface area (Å²) in [6.07, 6.45) is 2.34. The molecule has 98 valence electrons. The highest BCUT2D eigenvalue weighted by atomic mass is 16.2. The topological polar surface area (TPSA) is 32.3 Å². The number of nitrogens with one attached hydrogen (secondary N) is 1. The average Bonchev–Trinajstić information content (AvgIpc) is 2.35. The normalized spacial score (nSPS) is 18.9. The predicted molar refractivity (Wildman–Crippen MR) is 71.6 cm³/mol. The average molecular weight is 230 g/mol. The molecule has 1 saturated heterocycles. The van der Waals surface area contributed by atoms with Gasteiger partial charge in [-0.05, 0) is 19.4 Å². The molecule has 3 nitrogen and oxygen atoms in total. The fourth-order valence-electron chi connectivity index (χ4n) is 1.72. The van der Waals surface area contributed by atoms with Crippen molar-refractivity contribution in [2.24, 2.45) is 0 Å². The van der Waals surface area contributed by atoms with Crippen LogP contribution in [0.2, 0.25) is 0 Å². The fraction of sp³-hybridized carbons (Fsp3) is 0.923. The van der Waals surface area contributed by atoms with Crippen molar-refractivity contribution >= 4 is 5.91 Å². The summed E-state index contributed by atoms with van der Waals surface area (Å²) in [5.74, 6) is 0.206. The molecule has 0 aliphatic carbocycles. The molecule has 1 aliphatic heterocycles. The number of likely N-dealkylation sites (tertiary alicyclic amines) is 1. The molecule has 1 atom stereocenters. The molecule has 0 radical (unpaired) electrons. The Morgan fingerprint density at radius 1 is 1.31 bits per heavy atom. The lowest BCUT2D eigenvalue weighted by Crippen LogP contribution is -2.47. The highest BCUT2D eigenvalue weighted by Gasteiger charge is 2.19. The SMILES string of the molecule is CC.CC.CCNC1CCCN(C(C)=O)C1. The summed E-state index contributed by atoms with van der Waals surface area (Å²) in [6, 6.07) is 0.521. The minimum Gasteiger partial charge on any atom is -0.341 e. The van der Waals surface area contributed by atoms with Crippen molar-refractivity contribution in [2.45, 2.75) is 60.4 Å². The first-order chi connectivity index (χ1) is 7.74. The summed E-state index contributed by atoms with van der Waals surface area (Å²) in [5, 5.41) is 3.38. The van der Waals surface area contributed by atoms with Gasteiger partial charge in [0.05, 0.1) is 0 Å². The molecule has 0 aromatic heterocycles. The van der Waals surface area contributed by atoms with Crippen LogP contribution in [0.25, 0.3) is 0 Å². The lowest BCUT2D eigenvalue weighted by atomic mass is 10.1. The number of amides is 1. The second-order valence-corrected chi connectivity index (χ2v) is 3.36. The first-order valence-corrected chi connectivity index (χ1v) is 6.73. The van der Waals surface area contributed by atoms with Crippen LogP contribution in [0, 0.1) is 0 Å². The number of piperidine rings is 1. The van der Waals surface area contributed by atoms with E-state index in [-0.39, 0.29) is 5.91 Å². The molecule has 1 amide bonds. The quantitative estimate of drug-likeness (QED) is 0.791. The van der Waals surface area contributed by atoms with E-state index in [4.69, 9.17) is 0 Å². The van der Waals surface area contributed by atoms with Gasteiger partial charge in [-0.1, -0.05) is 34.6 Å². The predicted octanol–water partition coefficient (Wildman–Crippen LogP) is 2.66. The maximum atomic E-state index is 11.0. The zero-order valence-corrected chi connectivity index (χ0v) is 12.0. The molecular weight excluding hydrogens is 200 g/mol. The van der Waals surface area contributed by atoms with E-state index in [1.807, 2.05) is 32.6 Å². The van der Waals surface area contributed by atoms with Gasteiger partial charge in [-0.25, -0.2) is 0 Å². The van der Waals surface area contributed by atoms with Crippen molar-refractivity contribution in [3.8, 4) is 0 Å².